The predicted molar refractivity (Wildman–Crippen MR) is 107 cm³/mol. The normalized spacial score (nSPS) is 18.9. The Balaban J connectivity index is 1.87. The Labute approximate surface area is 170 Å². The molecule has 0 aromatic heterocycles. The summed E-state index contributed by atoms with van der Waals surface area (Å²) in [5.41, 5.74) is 0.515. The van der Waals surface area contributed by atoms with E-state index in [0.29, 0.717) is 37.1 Å². The smallest absolute Gasteiger partial charge is 0.314 e. The molecular weight excluding hydrogens is 373 g/mol. The highest BCUT2D eigenvalue weighted by atomic mass is 19.1. The summed E-state index contributed by atoms with van der Waals surface area (Å²) in [6, 6.07) is 13.1. The van der Waals surface area contributed by atoms with E-state index >= 15 is 0 Å². The fourth-order valence-electron chi connectivity index (χ4n) is 3.90. The Bertz CT molecular complexity index is 867. The van der Waals surface area contributed by atoms with Crippen molar-refractivity contribution in [2.45, 2.75) is 26.2 Å². The van der Waals surface area contributed by atoms with Crippen LogP contribution in [0, 0.1) is 11.2 Å². The Hall–Kier alpha value is -2.89. The van der Waals surface area contributed by atoms with Crippen LogP contribution in [0.25, 0.3) is 0 Å². The van der Waals surface area contributed by atoms with Gasteiger partial charge in [0.1, 0.15) is 11.6 Å². The van der Waals surface area contributed by atoms with Crippen LogP contribution in [-0.4, -0.2) is 43.6 Å². The van der Waals surface area contributed by atoms with Gasteiger partial charge in [0.15, 0.2) is 0 Å². The lowest BCUT2D eigenvalue weighted by Crippen LogP contribution is -2.51. The monoisotopic (exact) mass is 399 g/mol. The third-order valence-corrected chi connectivity index (χ3v) is 5.35. The van der Waals surface area contributed by atoms with E-state index in [2.05, 4.69) is 0 Å². The van der Waals surface area contributed by atoms with Gasteiger partial charge in [0, 0.05) is 18.7 Å². The summed E-state index contributed by atoms with van der Waals surface area (Å²) in [5.74, 6) is -0.169. The van der Waals surface area contributed by atoms with Gasteiger partial charge in [-0.25, -0.2) is 4.39 Å². The molecule has 0 radical (unpaired) electrons. The number of likely N-dealkylation sites (tertiary alicyclic amines) is 1. The number of carbonyl (C=O) groups excluding carboxylic acids is 2. The number of nitrogens with zero attached hydrogens (tertiary/aromatic N) is 1. The first kappa shape index (κ1) is 20.8. The average molecular weight is 399 g/mol. The third kappa shape index (κ3) is 4.75. The van der Waals surface area contributed by atoms with Crippen LogP contribution in [0.5, 0.6) is 5.75 Å². The molecular formula is C23H26FNO4. The number of halogens is 1. The van der Waals surface area contributed by atoms with Gasteiger partial charge in [-0.1, -0.05) is 18.2 Å². The molecule has 1 atom stereocenters. The molecule has 0 bridgehead atoms. The Morgan fingerprint density at radius 1 is 1.17 bits per heavy atom. The largest absolute Gasteiger partial charge is 0.497 e. The van der Waals surface area contributed by atoms with E-state index in [-0.39, 0.29) is 30.8 Å². The van der Waals surface area contributed by atoms with E-state index in [0.717, 1.165) is 5.56 Å². The number of piperidine rings is 1. The lowest BCUT2D eigenvalue weighted by molar-refractivity contribution is -0.158. The maximum absolute atomic E-state index is 13.3. The van der Waals surface area contributed by atoms with Gasteiger partial charge in [-0.05, 0) is 62.1 Å². The maximum Gasteiger partial charge on any atom is 0.314 e. The highest BCUT2D eigenvalue weighted by molar-refractivity contribution is 5.95. The zero-order valence-electron chi connectivity index (χ0n) is 16.8. The molecule has 3 rings (SSSR count). The standard InChI is InChI=1S/C23H26FNO4/c1-3-29-22(27)23(15-17-8-10-19(24)11-9-17)12-5-13-25(16-23)21(26)18-6-4-7-20(14-18)28-2/h4,6-11,14H,3,5,12-13,15-16H2,1-2H3. The number of rotatable bonds is 6. The van der Waals surface area contributed by atoms with Crippen molar-refractivity contribution in [3.05, 3.63) is 65.5 Å². The molecule has 1 amide bonds. The highest BCUT2D eigenvalue weighted by Gasteiger charge is 2.45. The summed E-state index contributed by atoms with van der Waals surface area (Å²) in [7, 11) is 1.55. The number of hydrogen-bond donors (Lipinski definition) is 0. The zero-order chi connectivity index (χ0) is 20.9. The number of methoxy groups -OCH3 is 1. The topological polar surface area (TPSA) is 55.8 Å². The molecule has 1 aliphatic heterocycles. The van der Waals surface area contributed by atoms with Gasteiger partial charge in [-0.3, -0.25) is 9.59 Å². The molecule has 0 aliphatic carbocycles. The summed E-state index contributed by atoms with van der Waals surface area (Å²) in [6.07, 6.45) is 1.70. The van der Waals surface area contributed by atoms with E-state index in [1.54, 1.807) is 55.3 Å². The molecule has 1 aliphatic rings. The van der Waals surface area contributed by atoms with Crippen molar-refractivity contribution in [2.75, 3.05) is 26.8 Å². The summed E-state index contributed by atoms with van der Waals surface area (Å²) < 4.78 is 23.9. The Morgan fingerprint density at radius 2 is 1.93 bits per heavy atom. The van der Waals surface area contributed by atoms with Crippen LogP contribution in [0.3, 0.4) is 0 Å². The molecule has 0 N–H and O–H groups in total. The van der Waals surface area contributed by atoms with Crippen molar-refractivity contribution >= 4 is 11.9 Å². The molecule has 154 valence electrons. The minimum absolute atomic E-state index is 0.142. The number of ether oxygens (including phenoxy) is 2. The summed E-state index contributed by atoms with van der Waals surface area (Å²) in [6.45, 7) is 2.87. The fraction of sp³-hybridized carbons (Fsp3) is 0.391. The van der Waals surface area contributed by atoms with Gasteiger partial charge in [0.05, 0.1) is 19.1 Å². The van der Waals surface area contributed by atoms with Crippen molar-refractivity contribution in [1.82, 2.24) is 4.90 Å². The van der Waals surface area contributed by atoms with Crippen LogP contribution < -0.4 is 4.74 Å². The molecule has 29 heavy (non-hydrogen) atoms. The third-order valence-electron chi connectivity index (χ3n) is 5.35. The average Bonchev–Trinajstić information content (AvgIpc) is 2.75. The van der Waals surface area contributed by atoms with Crippen molar-refractivity contribution in [2.24, 2.45) is 5.41 Å². The fourth-order valence-corrected chi connectivity index (χ4v) is 3.90. The van der Waals surface area contributed by atoms with Crippen molar-refractivity contribution in [3.8, 4) is 5.75 Å². The van der Waals surface area contributed by atoms with Crippen LogP contribution >= 0.6 is 0 Å². The van der Waals surface area contributed by atoms with Gasteiger partial charge in [0.25, 0.3) is 5.91 Å². The first-order chi connectivity index (χ1) is 14.0. The number of benzene rings is 2. The highest BCUT2D eigenvalue weighted by Crippen LogP contribution is 2.36. The first-order valence-corrected chi connectivity index (χ1v) is 9.82. The molecule has 5 nitrogen and oxygen atoms in total. The molecule has 2 aromatic rings. The van der Waals surface area contributed by atoms with Crippen molar-refractivity contribution in [1.29, 1.82) is 0 Å². The molecule has 6 heteroatoms. The van der Waals surface area contributed by atoms with E-state index in [9.17, 15) is 14.0 Å². The summed E-state index contributed by atoms with van der Waals surface area (Å²) in [5, 5.41) is 0. The molecule has 1 heterocycles. The lowest BCUT2D eigenvalue weighted by Gasteiger charge is -2.41. The lowest BCUT2D eigenvalue weighted by atomic mass is 9.75. The first-order valence-electron chi connectivity index (χ1n) is 9.82. The molecule has 2 aromatic carbocycles. The Kier molecular flexibility index (Phi) is 6.52. The second-order valence-corrected chi connectivity index (χ2v) is 7.37. The second kappa shape index (κ2) is 9.07. The molecule has 0 saturated carbocycles. The van der Waals surface area contributed by atoms with E-state index in [4.69, 9.17) is 9.47 Å². The van der Waals surface area contributed by atoms with E-state index in [1.807, 2.05) is 0 Å². The summed E-state index contributed by atoms with van der Waals surface area (Å²) >= 11 is 0. The Morgan fingerprint density at radius 3 is 2.62 bits per heavy atom. The van der Waals surface area contributed by atoms with Crippen LogP contribution in [0.15, 0.2) is 48.5 Å². The van der Waals surface area contributed by atoms with Gasteiger partial charge in [-0.2, -0.15) is 0 Å². The molecule has 1 fully saturated rings. The maximum atomic E-state index is 13.3. The number of esters is 1. The summed E-state index contributed by atoms with van der Waals surface area (Å²) in [4.78, 5) is 27.8. The van der Waals surface area contributed by atoms with Gasteiger partial charge >= 0.3 is 5.97 Å². The quantitative estimate of drug-likeness (QED) is 0.692. The minimum Gasteiger partial charge on any atom is -0.497 e. The zero-order valence-corrected chi connectivity index (χ0v) is 16.8. The van der Waals surface area contributed by atoms with Gasteiger partial charge in [-0.15, -0.1) is 0 Å². The van der Waals surface area contributed by atoms with Crippen LogP contribution in [0.2, 0.25) is 0 Å². The number of carbonyl (C=O) groups is 2. The van der Waals surface area contributed by atoms with Crippen LogP contribution in [-0.2, 0) is 16.0 Å². The van der Waals surface area contributed by atoms with Crippen molar-refractivity contribution in [3.63, 3.8) is 0 Å². The second-order valence-electron chi connectivity index (χ2n) is 7.37. The van der Waals surface area contributed by atoms with Gasteiger partial charge < -0.3 is 14.4 Å². The van der Waals surface area contributed by atoms with E-state index in [1.165, 1.54) is 12.1 Å². The van der Waals surface area contributed by atoms with Crippen molar-refractivity contribution < 1.29 is 23.5 Å². The molecule has 1 unspecified atom stereocenters. The van der Waals surface area contributed by atoms with Crippen LogP contribution in [0.1, 0.15) is 35.7 Å². The van der Waals surface area contributed by atoms with E-state index < -0.39 is 5.41 Å². The molecule has 1 saturated heterocycles. The van der Waals surface area contributed by atoms with Crippen LogP contribution in [0.4, 0.5) is 4.39 Å². The minimum atomic E-state index is -0.847. The van der Waals surface area contributed by atoms with Gasteiger partial charge in [0.2, 0.25) is 0 Å². The predicted octanol–water partition coefficient (Wildman–Crippen LogP) is 3.86. The number of amides is 1. The number of hydrogen-bond acceptors (Lipinski definition) is 4. The SMILES string of the molecule is CCOC(=O)C1(Cc2ccc(F)cc2)CCCN(C(=O)c2cccc(OC)c2)C1. The molecule has 0 spiro atoms.